The molecular weight excluding hydrogens is 432 g/mol. The van der Waals surface area contributed by atoms with E-state index in [1.807, 2.05) is 0 Å². The summed E-state index contributed by atoms with van der Waals surface area (Å²) in [5.74, 6) is -1.84. The van der Waals surface area contributed by atoms with E-state index < -0.39 is 42.0 Å². The van der Waals surface area contributed by atoms with Crippen LogP contribution in [0, 0.1) is 5.41 Å². The monoisotopic (exact) mass is 458 g/mol. The summed E-state index contributed by atoms with van der Waals surface area (Å²) in [6.07, 6.45) is 2.17. The minimum absolute atomic E-state index is 0. The van der Waals surface area contributed by atoms with Gasteiger partial charge in [0, 0.05) is 32.3 Å². The Kier molecular flexibility index (Phi) is 9.42. The van der Waals surface area contributed by atoms with Crippen LogP contribution >= 0.6 is 12.4 Å². The number of carbonyl (C=O) groups is 2. The normalized spacial score (nSPS) is 20.9. The Balaban J connectivity index is 0.00000480. The Morgan fingerprint density at radius 1 is 1.45 bits per heavy atom. The predicted molar refractivity (Wildman–Crippen MR) is 115 cm³/mol. The molecule has 14 heteroatoms. The number of nitrogens with one attached hydrogen (secondary N) is 2. The van der Waals surface area contributed by atoms with Crippen molar-refractivity contribution >= 4 is 36.1 Å². The van der Waals surface area contributed by atoms with Gasteiger partial charge in [-0.15, -0.1) is 12.4 Å². The van der Waals surface area contributed by atoms with Gasteiger partial charge in [-0.05, 0) is 18.6 Å². The molecule has 9 N–H and O–H groups in total. The molecule has 31 heavy (non-hydrogen) atoms. The molecule has 0 unspecified atom stereocenters. The minimum Gasteiger partial charge on any atom is -0.479 e. The van der Waals surface area contributed by atoms with Gasteiger partial charge in [-0.1, -0.05) is 6.08 Å². The average Bonchev–Trinajstić information content (AvgIpc) is 2.66. The van der Waals surface area contributed by atoms with Crippen molar-refractivity contribution in [1.29, 1.82) is 5.41 Å². The van der Waals surface area contributed by atoms with Crippen molar-refractivity contribution in [2.75, 3.05) is 19.3 Å². The lowest BCUT2D eigenvalue weighted by atomic mass is 10.1. The third-order valence-corrected chi connectivity index (χ3v) is 4.49. The highest BCUT2D eigenvalue weighted by atomic mass is 35.5. The third-order valence-electron chi connectivity index (χ3n) is 4.49. The molecule has 2 heterocycles. The fraction of sp³-hybridized carbons (Fsp3) is 0.471. The van der Waals surface area contributed by atoms with Crippen molar-refractivity contribution in [1.82, 2.24) is 19.8 Å². The van der Waals surface area contributed by atoms with Crippen molar-refractivity contribution in [3.63, 3.8) is 0 Å². The average molecular weight is 459 g/mol. The first-order valence-corrected chi connectivity index (χ1v) is 9.10. The number of anilines is 1. The first-order chi connectivity index (χ1) is 14.1. The van der Waals surface area contributed by atoms with Crippen LogP contribution < -0.4 is 28.2 Å². The maximum atomic E-state index is 12.3. The highest BCUT2D eigenvalue weighted by Crippen LogP contribution is 2.20. The molecule has 172 valence electrons. The van der Waals surface area contributed by atoms with E-state index in [-0.39, 0.29) is 30.6 Å². The fourth-order valence-corrected chi connectivity index (χ4v) is 2.77. The number of halogens is 1. The zero-order chi connectivity index (χ0) is 22.4. The SMILES string of the molecule is CN(CC[C@@H](N)CC(=O)N[C@H]1C=C[C@@H](n2ccc(N)nc2=O)O[C@H]1C(=O)O)C(=N)N.Cl. The van der Waals surface area contributed by atoms with E-state index in [0.717, 1.165) is 4.57 Å². The lowest BCUT2D eigenvalue weighted by Gasteiger charge is -2.31. The fourth-order valence-electron chi connectivity index (χ4n) is 2.77. The molecule has 1 aliphatic heterocycles. The second kappa shape index (κ2) is 11.3. The second-order valence-corrected chi connectivity index (χ2v) is 6.87. The van der Waals surface area contributed by atoms with Gasteiger partial charge < -0.3 is 37.3 Å². The summed E-state index contributed by atoms with van der Waals surface area (Å²) in [6, 6.07) is -0.0702. The van der Waals surface area contributed by atoms with Crippen LogP contribution in [0.2, 0.25) is 0 Å². The molecule has 2 rings (SSSR count). The quantitative estimate of drug-likeness (QED) is 0.146. The first kappa shape index (κ1) is 25.9. The van der Waals surface area contributed by atoms with Gasteiger partial charge in [0.2, 0.25) is 5.91 Å². The summed E-state index contributed by atoms with van der Waals surface area (Å²) in [6.45, 7) is 0.403. The smallest absolute Gasteiger partial charge is 0.351 e. The van der Waals surface area contributed by atoms with Crippen LogP contribution in [0.1, 0.15) is 19.1 Å². The van der Waals surface area contributed by atoms with Crippen molar-refractivity contribution in [2.24, 2.45) is 11.5 Å². The molecule has 1 aromatic heterocycles. The third kappa shape index (κ3) is 7.24. The lowest BCUT2D eigenvalue weighted by molar-refractivity contribution is -0.159. The molecule has 0 aromatic carbocycles. The number of carboxylic acids is 1. The molecule has 0 aliphatic carbocycles. The zero-order valence-corrected chi connectivity index (χ0v) is 17.6. The van der Waals surface area contributed by atoms with Crippen LogP contribution in [0.5, 0.6) is 0 Å². The summed E-state index contributed by atoms with van der Waals surface area (Å²) in [7, 11) is 1.63. The Morgan fingerprint density at radius 3 is 2.71 bits per heavy atom. The van der Waals surface area contributed by atoms with E-state index in [1.165, 1.54) is 29.3 Å². The van der Waals surface area contributed by atoms with Crippen molar-refractivity contribution in [2.45, 2.75) is 37.3 Å². The van der Waals surface area contributed by atoms with Crippen LogP contribution in [0.3, 0.4) is 0 Å². The van der Waals surface area contributed by atoms with Gasteiger partial charge in [0.1, 0.15) is 5.82 Å². The number of carboxylic acid groups (broad SMARTS) is 1. The highest BCUT2D eigenvalue weighted by molar-refractivity contribution is 5.85. The maximum absolute atomic E-state index is 12.3. The molecule has 0 spiro atoms. The number of ether oxygens (including phenoxy) is 1. The van der Waals surface area contributed by atoms with Gasteiger partial charge >= 0.3 is 11.7 Å². The highest BCUT2D eigenvalue weighted by Gasteiger charge is 2.35. The van der Waals surface area contributed by atoms with Gasteiger partial charge in [0.05, 0.1) is 6.04 Å². The Bertz CT molecular complexity index is 892. The van der Waals surface area contributed by atoms with Crippen LogP contribution in [-0.4, -0.2) is 69.2 Å². The van der Waals surface area contributed by atoms with Crippen molar-refractivity contribution < 1.29 is 19.4 Å². The summed E-state index contributed by atoms with van der Waals surface area (Å²) in [5.41, 5.74) is 16.0. The van der Waals surface area contributed by atoms with Gasteiger partial charge in [0.25, 0.3) is 0 Å². The van der Waals surface area contributed by atoms with E-state index in [4.69, 9.17) is 27.3 Å². The number of nitrogens with two attached hydrogens (primary N) is 3. The number of rotatable bonds is 8. The van der Waals surface area contributed by atoms with Crippen LogP contribution in [0.25, 0.3) is 0 Å². The predicted octanol–water partition coefficient (Wildman–Crippen LogP) is -1.80. The number of hydrogen-bond acceptors (Lipinski definition) is 8. The summed E-state index contributed by atoms with van der Waals surface area (Å²) < 4.78 is 6.57. The molecular formula is C17H27ClN8O5. The molecule has 1 aromatic rings. The molecule has 4 atom stereocenters. The Labute approximate surface area is 184 Å². The van der Waals surface area contributed by atoms with Crippen molar-refractivity contribution in [3.8, 4) is 0 Å². The minimum atomic E-state index is -1.42. The summed E-state index contributed by atoms with van der Waals surface area (Å²) >= 11 is 0. The van der Waals surface area contributed by atoms with Gasteiger partial charge in [-0.3, -0.25) is 14.8 Å². The van der Waals surface area contributed by atoms with Crippen LogP contribution in [0.15, 0.2) is 29.2 Å². The zero-order valence-electron chi connectivity index (χ0n) is 16.8. The molecule has 0 radical (unpaired) electrons. The molecule has 1 aliphatic rings. The number of amides is 1. The number of nitrogens with zero attached hydrogens (tertiary/aromatic N) is 3. The molecule has 0 fully saturated rings. The Hall–Kier alpha value is -3.16. The Morgan fingerprint density at radius 2 is 2.13 bits per heavy atom. The standard InChI is InChI=1S/C17H26N8O5.ClH/c1-24(16(20)21)6-4-9(18)8-12(26)22-10-2-3-13(30-14(10)15(27)28)25-7-5-11(19)23-17(25)29;/h2-3,5,7,9-10,13-14H,4,6,8,18H2,1H3,(H3,20,21)(H,22,26)(H,27,28)(H2,19,23,29);1H/t9-,10+,13+,14-;/m1./s1. The summed E-state index contributed by atoms with van der Waals surface area (Å²) in [4.78, 5) is 40.9. The van der Waals surface area contributed by atoms with Gasteiger partial charge in [-0.25, -0.2) is 9.59 Å². The maximum Gasteiger partial charge on any atom is 0.351 e. The van der Waals surface area contributed by atoms with E-state index in [0.29, 0.717) is 13.0 Å². The topological polar surface area (TPSA) is 216 Å². The van der Waals surface area contributed by atoms with Crippen LogP contribution in [0.4, 0.5) is 5.82 Å². The molecule has 0 bridgehead atoms. The number of carbonyl (C=O) groups excluding carboxylic acids is 1. The molecule has 13 nitrogen and oxygen atoms in total. The van der Waals surface area contributed by atoms with E-state index in [1.54, 1.807) is 7.05 Å². The number of hydrogen-bond donors (Lipinski definition) is 6. The van der Waals surface area contributed by atoms with Gasteiger partial charge in [-0.2, -0.15) is 4.98 Å². The van der Waals surface area contributed by atoms with Crippen molar-refractivity contribution in [3.05, 3.63) is 34.9 Å². The van der Waals surface area contributed by atoms with E-state index in [2.05, 4.69) is 10.3 Å². The van der Waals surface area contributed by atoms with E-state index in [9.17, 15) is 19.5 Å². The lowest BCUT2D eigenvalue weighted by Crippen LogP contribution is -2.51. The van der Waals surface area contributed by atoms with Crippen LogP contribution in [-0.2, 0) is 14.3 Å². The molecule has 0 saturated heterocycles. The largest absolute Gasteiger partial charge is 0.479 e. The van der Waals surface area contributed by atoms with E-state index >= 15 is 0 Å². The second-order valence-electron chi connectivity index (χ2n) is 6.87. The van der Waals surface area contributed by atoms with Gasteiger partial charge in [0.15, 0.2) is 18.3 Å². The molecule has 1 amide bonds. The summed E-state index contributed by atoms with van der Waals surface area (Å²) in [5, 5.41) is 19.4. The molecule has 0 saturated carbocycles. The number of nitrogen functional groups attached to an aromatic ring is 1. The number of aliphatic carboxylic acids is 1. The first-order valence-electron chi connectivity index (χ1n) is 9.10. The number of guanidine groups is 1. The number of aromatic nitrogens is 2.